The number of carbonyl (C=O) groups is 1. The molecule has 3 rings (SSSR count). The van der Waals surface area contributed by atoms with Crippen molar-refractivity contribution < 1.29 is 9.53 Å². The van der Waals surface area contributed by atoms with E-state index in [0.29, 0.717) is 11.7 Å². The first-order valence-corrected chi connectivity index (χ1v) is 9.76. The third-order valence-corrected chi connectivity index (χ3v) is 5.68. The molecular weight excluding hydrogens is 344 g/mol. The molecule has 2 aromatic carbocycles. The second-order valence-electron chi connectivity index (χ2n) is 6.68. The Bertz CT molecular complexity index is 833. The minimum atomic E-state index is -0.0842. The summed E-state index contributed by atoms with van der Waals surface area (Å²) >= 11 is 1.54. The number of benzene rings is 2. The molecular formula is C21H24N2O2S. The summed E-state index contributed by atoms with van der Waals surface area (Å²) in [6, 6.07) is 14.1. The maximum Gasteiger partial charge on any atom is 0.250 e. The lowest BCUT2D eigenvalue weighted by molar-refractivity contribution is -0.118. The predicted octanol–water partition coefficient (Wildman–Crippen LogP) is 4.20. The number of ether oxygens (including phenoxy) is 1. The molecule has 0 bridgehead atoms. The van der Waals surface area contributed by atoms with Gasteiger partial charge in [-0.3, -0.25) is 4.79 Å². The van der Waals surface area contributed by atoms with Crippen LogP contribution in [-0.4, -0.2) is 24.5 Å². The summed E-state index contributed by atoms with van der Waals surface area (Å²) in [4.78, 5) is 13.3. The second-order valence-corrected chi connectivity index (χ2v) is 7.70. The fourth-order valence-corrected chi connectivity index (χ4v) is 3.99. The molecule has 0 aromatic heterocycles. The first-order chi connectivity index (χ1) is 12.6. The van der Waals surface area contributed by atoms with Gasteiger partial charge < -0.3 is 4.74 Å². The summed E-state index contributed by atoms with van der Waals surface area (Å²) in [7, 11) is 1.68. The van der Waals surface area contributed by atoms with Gasteiger partial charge in [0.2, 0.25) is 5.91 Å². The molecule has 5 heteroatoms. The van der Waals surface area contributed by atoms with Gasteiger partial charge in [0.25, 0.3) is 0 Å². The van der Waals surface area contributed by atoms with Crippen LogP contribution in [0.25, 0.3) is 0 Å². The van der Waals surface area contributed by atoms with Crippen LogP contribution in [0.15, 0.2) is 52.5 Å². The smallest absolute Gasteiger partial charge is 0.250 e. The molecule has 1 N–H and O–H groups in total. The maximum absolute atomic E-state index is 12.2. The summed E-state index contributed by atoms with van der Waals surface area (Å²) in [6.45, 7) is 4.25. The van der Waals surface area contributed by atoms with Crippen LogP contribution >= 0.6 is 11.8 Å². The molecule has 0 aliphatic heterocycles. The van der Waals surface area contributed by atoms with E-state index in [0.717, 1.165) is 34.8 Å². The Labute approximate surface area is 159 Å². The molecule has 1 aliphatic carbocycles. The van der Waals surface area contributed by atoms with Crippen LogP contribution in [-0.2, 0) is 11.2 Å². The SMILES string of the molecule is COc1ccc2c(c1)CC(C)CC2=NNC(=O)CSc1ccccc1C. The van der Waals surface area contributed by atoms with Crippen molar-refractivity contribution in [2.24, 2.45) is 11.0 Å². The standard InChI is InChI=1S/C21H24N2O2S/c1-14-10-16-12-17(25-3)8-9-18(16)19(11-14)22-23-21(24)13-26-20-7-5-4-6-15(20)2/h4-9,12,14H,10-11,13H2,1-3H3,(H,23,24). The number of methoxy groups -OCH3 is 1. The van der Waals surface area contributed by atoms with Crippen molar-refractivity contribution in [3.63, 3.8) is 0 Å². The number of hydrazone groups is 1. The summed E-state index contributed by atoms with van der Waals surface area (Å²) in [5.41, 5.74) is 7.18. The van der Waals surface area contributed by atoms with E-state index in [1.165, 1.54) is 22.9 Å². The average Bonchev–Trinajstić information content (AvgIpc) is 2.64. The van der Waals surface area contributed by atoms with Gasteiger partial charge in [-0.05, 0) is 61.1 Å². The van der Waals surface area contributed by atoms with Gasteiger partial charge in [0.1, 0.15) is 5.75 Å². The molecule has 1 amide bonds. The highest BCUT2D eigenvalue weighted by Gasteiger charge is 2.21. The molecule has 1 unspecified atom stereocenters. The zero-order valence-electron chi connectivity index (χ0n) is 15.4. The van der Waals surface area contributed by atoms with E-state index in [9.17, 15) is 4.79 Å². The van der Waals surface area contributed by atoms with Crippen molar-refractivity contribution in [2.45, 2.75) is 31.6 Å². The van der Waals surface area contributed by atoms with E-state index in [2.05, 4.69) is 36.5 Å². The number of hydrogen-bond acceptors (Lipinski definition) is 4. The average molecular weight is 369 g/mol. The Morgan fingerprint density at radius 3 is 2.85 bits per heavy atom. The molecule has 26 heavy (non-hydrogen) atoms. The third kappa shape index (κ3) is 4.47. The highest BCUT2D eigenvalue weighted by Crippen LogP contribution is 2.29. The van der Waals surface area contributed by atoms with Gasteiger partial charge in [0, 0.05) is 10.5 Å². The van der Waals surface area contributed by atoms with E-state index in [1.54, 1.807) is 7.11 Å². The van der Waals surface area contributed by atoms with E-state index >= 15 is 0 Å². The topological polar surface area (TPSA) is 50.7 Å². The fourth-order valence-electron chi connectivity index (χ4n) is 3.16. The Morgan fingerprint density at radius 2 is 2.08 bits per heavy atom. The van der Waals surface area contributed by atoms with Gasteiger partial charge in [-0.15, -0.1) is 11.8 Å². The first-order valence-electron chi connectivity index (χ1n) is 8.78. The lowest BCUT2D eigenvalue weighted by atomic mass is 9.83. The number of carbonyl (C=O) groups excluding carboxylic acids is 1. The van der Waals surface area contributed by atoms with E-state index in [4.69, 9.17) is 4.74 Å². The van der Waals surface area contributed by atoms with Crippen LogP contribution in [0.3, 0.4) is 0 Å². The zero-order chi connectivity index (χ0) is 18.5. The number of hydrogen-bond donors (Lipinski definition) is 1. The van der Waals surface area contributed by atoms with Crippen molar-refractivity contribution in [3.8, 4) is 5.75 Å². The van der Waals surface area contributed by atoms with Crippen LogP contribution in [0.2, 0.25) is 0 Å². The molecule has 1 atom stereocenters. The highest BCUT2D eigenvalue weighted by atomic mass is 32.2. The minimum absolute atomic E-state index is 0.0842. The monoisotopic (exact) mass is 368 g/mol. The predicted molar refractivity (Wildman–Crippen MR) is 107 cm³/mol. The van der Waals surface area contributed by atoms with E-state index in [1.807, 2.05) is 30.3 Å². The number of nitrogens with zero attached hydrogens (tertiary/aromatic N) is 1. The van der Waals surface area contributed by atoms with Crippen LogP contribution in [0.1, 0.15) is 30.0 Å². The largest absolute Gasteiger partial charge is 0.497 e. The summed E-state index contributed by atoms with van der Waals surface area (Å²) in [6.07, 6.45) is 1.87. The maximum atomic E-state index is 12.2. The van der Waals surface area contributed by atoms with Gasteiger partial charge in [-0.2, -0.15) is 5.10 Å². The minimum Gasteiger partial charge on any atom is -0.497 e. The van der Waals surface area contributed by atoms with E-state index in [-0.39, 0.29) is 5.91 Å². The molecule has 0 heterocycles. The van der Waals surface area contributed by atoms with Crippen molar-refractivity contribution >= 4 is 23.4 Å². The van der Waals surface area contributed by atoms with Crippen LogP contribution in [0.5, 0.6) is 5.75 Å². The molecule has 2 aromatic rings. The molecule has 0 saturated heterocycles. The van der Waals surface area contributed by atoms with Gasteiger partial charge >= 0.3 is 0 Å². The second kappa shape index (κ2) is 8.41. The molecule has 1 aliphatic rings. The van der Waals surface area contributed by atoms with Crippen molar-refractivity contribution in [2.75, 3.05) is 12.9 Å². The number of fused-ring (bicyclic) bond motifs is 1. The Kier molecular flexibility index (Phi) is 5.99. The van der Waals surface area contributed by atoms with Gasteiger partial charge in [-0.25, -0.2) is 5.43 Å². The van der Waals surface area contributed by atoms with Crippen molar-refractivity contribution in [1.29, 1.82) is 0 Å². The highest BCUT2D eigenvalue weighted by molar-refractivity contribution is 8.00. The quantitative estimate of drug-likeness (QED) is 0.636. The van der Waals surface area contributed by atoms with Crippen molar-refractivity contribution in [1.82, 2.24) is 5.43 Å². The number of thioether (sulfide) groups is 1. The number of nitrogens with one attached hydrogen (secondary N) is 1. The number of rotatable bonds is 5. The molecule has 0 saturated carbocycles. The lowest BCUT2D eigenvalue weighted by Crippen LogP contribution is -2.25. The van der Waals surface area contributed by atoms with Crippen LogP contribution < -0.4 is 10.2 Å². The third-order valence-electron chi connectivity index (χ3n) is 4.50. The normalized spacial score (nSPS) is 17.7. The van der Waals surface area contributed by atoms with Crippen LogP contribution in [0.4, 0.5) is 0 Å². The Morgan fingerprint density at radius 1 is 1.27 bits per heavy atom. The van der Waals surface area contributed by atoms with Crippen molar-refractivity contribution in [3.05, 3.63) is 59.2 Å². The zero-order valence-corrected chi connectivity index (χ0v) is 16.2. The van der Waals surface area contributed by atoms with Crippen LogP contribution in [0, 0.1) is 12.8 Å². The summed E-state index contributed by atoms with van der Waals surface area (Å²) in [5.74, 6) is 1.62. The van der Waals surface area contributed by atoms with Gasteiger partial charge in [-0.1, -0.05) is 25.1 Å². The van der Waals surface area contributed by atoms with E-state index < -0.39 is 0 Å². The molecule has 4 nitrogen and oxygen atoms in total. The fraction of sp³-hybridized carbons (Fsp3) is 0.333. The molecule has 0 radical (unpaired) electrons. The Balaban J connectivity index is 1.66. The summed E-state index contributed by atoms with van der Waals surface area (Å²) < 4.78 is 5.32. The summed E-state index contributed by atoms with van der Waals surface area (Å²) in [5, 5.41) is 4.43. The van der Waals surface area contributed by atoms with Gasteiger partial charge in [0.05, 0.1) is 18.6 Å². The number of aryl methyl sites for hydroxylation is 1. The molecule has 0 spiro atoms. The molecule has 0 fully saturated rings. The van der Waals surface area contributed by atoms with Gasteiger partial charge in [0.15, 0.2) is 0 Å². The first kappa shape index (κ1) is 18.5. The Hall–Kier alpha value is -2.27. The molecule has 136 valence electrons. The lowest BCUT2D eigenvalue weighted by Gasteiger charge is -2.23. The number of amides is 1.